The molecule has 64 valence electrons. The van der Waals surface area contributed by atoms with Gasteiger partial charge in [-0.2, -0.15) is 0 Å². The molecule has 0 aliphatic carbocycles. The second-order valence-corrected chi connectivity index (χ2v) is 2.06. The maximum absolute atomic E-state index is 10.8. The highest BCUT2D eigenvalue weighted by molar-refractivity contribution is 5.74. The Bertz CT molecular complexity index is 136. The lowest BCUT2D eigenvalue weighted by atomic mass is 10.4. The van der Waals surface area contributed by atoms with Crippen molar-refractivity contribution in [3.63, 3.8) is 0 Å². The lowest BCUT2D eigenvalue weighted by molar-refractivity contribution is -0.142. The first-order valence-corrected chi connectivity index (χ1v) is 3.39. The van der Waals surface area contributed by atoms with Crippen molar-refractivity contribution in [2.75, 3.05) is 13.7 Å². The monoisotopic (exact) mass is 158 g/mol. The molecule has 0 heterocycles. The van der Waals surface area contributed by atoms with Gasteiger partial charge in [-0.05, 0) is 6.92 Å². The van der Waals surface area contributed by atoms with Gasteiger partial charge in [-0.15, -0.1) is 6.58 Å². The fraction of sp³-hybridized carbons (Fsp3) is 0.571. The fourth-order valence-electron chi connectivity index (χ4n) is 0.520. The largest absolute Gasteiger partial charge is 0.468 e. The van der Waals surface area contributed by atoms with Gasteiger partial charge < -0.3 is 4.74 Å². The first-order chi connectivity index (χ1) is 5.22. The molecule has 0 spiro atoms. The molecule has 0 unspecified atom stereocenters. The Balaban J connectivity index is 3.43. The molecule has 0 aliphatic rings. The van der Waals surface area contributed by atoms with Crippen molar-refractivity contribution in [2.24, 2.45) is 0 Å². The Morgan fingerprint density at radius 2 is 2.45 bits per heavy atom. The average Bonchev–Trinajstić information content (AvgIpc) is 2.03. The maximum Gasteiger partial charge on any atom is 0.323 e. The van der Waals surface area contributed by atoms with E-state index in [1.165, 1.54) is 7.11 Å². The smallest absolute Gasteiger partial charge is 0.323 e. The van der Waals surface area contributed by atoms with Crippen molar-refractivity contribution in [2.45, 2.75) is 13.0 Å². The predicted molar refractivity (Wildman–Crippen MR) is 42.8 cm³/mol. The summed E-state index contributed by atoms with van der Waals surface area (Å²) < 4.78 is 4.48. The highest BCUT2D eigenvalue weighted by Gasteiger charge is 2.10. The summed E-state index contributed by atoms with van der Waals surface area (Å²) in [6.07, 6.45) is 1.69. The van der Waals surface area contributed by atoms with Gasteiger partial charge in [0.15, 0.2) is 0 Å². The van der Waals surface area contributed by atoms with Crippen molar-refractivity contribution in [3.05, 3.63) is 12.7 Å². The number of methoxy groups -OCH3 is 1. The van der Waals surface area contributed by atoms with Crippen molar-refractivity contribution in [1.29, 1.82) is 0 Å². The number of rotatable bonds is 5. The molecule has 0 aromatic rings. The minimum absolute atomic E-state index is 0.290. The SMILES string of the molecule is C=CCNN[C@@H](C)C(=O)OC. The molecular formula is C7H14N2O2. The van der Waals surface area contributed by atoms with Gasteiger partial charge in [-0.25, -0.2) is 5.43 Å². The number of esters is 1. The van der Waals surface area contributed by atoms with Crippen molar-refractivity contribution in [1.82, 2.24) is 10.9 Å². The van der Waals surface area contributed by atoms with Crippen LogP contribution in [-0.4, -0.2) is 25.7 Å². The molecule has 0 radical (unpaired) electrons. The molecule has 2 N–H and O–H groups in total. The molecule has 0 saturated carbocycles. The number of nitrogens with one attached hydrogen (secondary N) is 2. The Hall–Kier alpha value is -0.870. The standard InChI is InChI=1S/C7H14N2O2/c1-4-5-8-9-6(2)7(10)11-3/h4,6,8-9H,1,5H2,2-3H3/t6-/m0/s1. The van der Waals surface area contributed by atoms with Crippen LogP contribution in [0.2, 0.25) is 0 Å². The van der Waals surface area contributed by atoms with E-state index in [1.807, 2.05) is 0 Å². The van der Waals surface area contributed by atoms with Crippen LogP contribution in [0, 0.1) is 0 Å². The Morgan fingerprint density at radius 1 is 1.82 bits per heavy atom. The van der Waals surface area contributed by atoms with E-state index in [0.717, 1.165) is 0 Å². The number of carbonyl (C=O) groups excluding carboxylic acids is 1. The third kappa shape index (κ3) is 4.52. The minimum atomic E-state index is -0.333. The van der Waals surface area contributed by atoms with Crippen LogP contribution in [-0.2, 0) is 9.53 Å². The molecule has 11 heavy (non-hydrogen) atoms. The zero-order valence-corrected chi connectivity index (χ0v) is 6.89. The first-order valence-electron chi connectivity index (χ1n) is 3.39. The van der Waals surface area contributed by atoms with Gasteiger partial charge >= 0.3 is 5.97 Å². The van der Waals surface area contributed by atoms with Crippen LogP contribution >= 0.6 is 0 Å². The van der Waals surface area contributed by atoms with Gasteiger partial charge in [-0.1, -0.05) is 6.08 Å². The molecular weight excluding hydrogens is 144 g/mol. The molecule has 0 amide bonds. The molecule has 4 nitrogen and oxygen atoms in total. The van der Waals surface area contributed by atoms with Crippen LogP contribution in [0.4, 0.5) is 0 Å². The van der Waals surface area contributed by atoms with E-state index in [0.29, 0.717) is 6.54 Å². The van der Waals surface area contributed by atoms with Gasteiger partial charge in [-0.3, -0.25) is 10.2 Å². The molecule has 0 saturated heterocycles. The van der Waals surface area contributed by atoms with Crippen LogP contribution < -0.4 is 10.9 Å². The summed E-state index contributed by atoms with van der Waals surface area (Å²) in [5.74, 6) is -0.290. The molecule has 0 rings (SSSR count). The van der Waals surface area contributed by atoms with Crippen molar-refractivity contribution < 1.29 is 9.53 Å². The van der Waals surface area contributed by atoms with E-state index in [-0.39, 0.29) is 12.0 Å². The lowest BCUT2D eigenvalue weighted by Crippen LogP contribution is -2.44. The highest BCUT2D eigenvalue weighted by atomic mass is 16.5. The molecule has 0 aliphatic heterocycles. The third-order valence-corrected chi connectivity index (χ3v) is 1.12. The van der Waals surface area contributed by atoms with Crippen LogP contribution in [0.1, 0.15) is 6.92 Å². The summed E-state index contributed by atoms with van der Waals surface area (Å²) in [6, 6.07) is -0.333. The number of hydrogen-bond acceptors (Lipinski definition) is 4. The van der Waals surface area contributed by atoms with Crippen molar-refractivity contribution in [3.8, 4) is 0 Å². The Kier molecular flexibility index (Phi) is 5.42. The topological polar surface area (TPSA) is 50.4 Å². The van der Waals surface area contributed by atoms with Gasteiger partial charge in [0.1, 0.15) is 6.04 Å². The van der Waals surface area contributed by atoms with Crippen LogP contribution in [0.25, 0.3) is 0 Å². The zero-order valence-electron chi connectivity index (χ0n) is 6.89. The van der Waals surface area contributed by atoms with Crippen LogP contribution in [0.15, 0.2) is 12.7 Å². The summed E-state index contributed by atoms with van der Waals surface area (Å²) in [4.78, 5) is 10.8. The Morgan fingerprint density at radius 3 is 2.91 bits per heavy atom. The quantitative estimate of drug-likeness (QED) is 0.252. The molecule has 0 fully saturated rings. The zero-order chi connectivity index (χ0) is 8.69. The minimum Gasteiger partial charge on any atom is -0.468 e. The van der Waals surface area contributed by atoms with E-state index >= 15 is 0 Å². The summed E-state index contributed by atoms with van der Waals surface area (Å²) in [5, 5.41) is 0. The molecule has 0 aromatic heterocycles. The van der Waals surface area contributed by atoms with E-state index in [1.54, 1.807) is 13.0 Å². The second kappa shape index (κ2) is 5.88. The third-order valence-electron chi connectivity index (χ3n) is 1.12. The van der Waals surface area contributed by atoms with E-state index in [2.05, 4.69) is 22.2 Å². The summed E-state index contributed by atoms with van der Waals surface area (Å²) in [7, 11) is 1.36. The van der Waals surface area contributed by atoms with Gasteiger partial charge in [0, 0.05) is 6.54 Å². The number of hydrogen-bond donors (Lipinski definition) is 2. The lowest BCUT2D eigenvalue weighted by Gasteiger charge is -2.10. The van der Waals surface area contributed by atoms with E-state index < -0.39 is 0 Å². The van der Waals surface area contributed by atoms with Gasteiger partial charge in [0.25, 0.3) is 0 Å². The van der Waals surface area contributed by atoms with Gasteiger partial charge in [0.05, 0.1) is 7.11 Å². The average molecular weight is 158 g/mol. The molecule has 0 aromatic carbocycles. The van der Waals surface area contributed by atoms with E-state index in [4.69, 9.17) is 0 Å². The summed E-state index contributed by atoms with van der Waals surface area (Å²) in [6.45, 7) is 5.83. The summed E-state index contributed by atoms with van der Waals surface area (Å²) >= 11 is 0. The number of ether oxygens (including phenoxy) is 1. The fourth-order valence-corrected chi connectivity index (χ4v) is 0.520. The van der Waals surface area contributed by atoms with Crippen LogP contribution in [0.5, 0.6) is 0 Å². The maximum atomic E-state index is 10.8. The highest BCUT2D eigenvalue weighted by Crippen LogP contribution is 1.82. The van der Waals surface area contributed by atoms with Crippen molar-refractivity contribution >= 4 is 5.97 Å². The predicted octanol–water partition coefficient (Wildman–Crippen LogP) is -0.172. The number of carbonyl (C=O) groups is 1. The first kappa shape index (κ1) is 10.1. The van der Waals surface area contributed by atoms with E-state index in [9.17, 15) is 4.79 Å². The van der Waals surface area contributed by atoms with Crippen LogP contribution in [0.3, 0.4) is 0 Å². The molecule has 0 bridgehead atoms. The van der Waals surface area contributed by atoms with Gasteiger partial charge in [0.2, 0.25) is 0 Å². The Labute approximate surface area is 66.6 Å². The molecule has 4 heteroatoms. The normalized spacial score (nSPS) is 12.2. The number of hydrazine groups is 1. The molecule has 1 atom stereocenters. The summed E-state index contributed by atoms with van der Waals surface area (Å²) in [5.41, 5.74) is 5.52. The second-order valence-electron chi connectivity index (χ2n) is 2.06.